The summed E-state index contributed by atoms with van der Waals surface area (Å²) >= 11 is 0. The molecule has 0 atom stereocenters. The largest absolute Gasteiger partial charge is 0.465 e. The van der Waals surface area contributed by atoms with Crippen molar-refractivity contribution in [3.8, 4) is 0 Å². The van der Waals surface area contributed by atoms with Gasteiger partial charge in [-0.3, -0.25) is 9.52 Å². The molecule has 26 heavy (non-hydrogen) atoms. The van der Waals surface area contributed by atoms with Crippen molar-refractivity contribution in [3.05, 3.63) is 54.1 Å². The van der Waals surface area contributed by atoms with Crippen LogP contribution in [0.1, 0.15) is 23.2 Å². The highest BCUT2D eigenvalue weighted by Crippen LogP contribution is 2.24. The van der Waals surface area contributed by atoms with Gasteiger partial charge in [0.1, 0.15) is 0 Å². The van der Waals surface area contributed by atoms with Gasteiger partial charge in [-0.2, -0.15) is 0 Å². The molecule has 0 bridgehead atoms. The van der Waals surface area contributed by atoms with E-state index in [4.69, 9.17) is 0 Å². The Bertz CT molecular complexity index is 921. The quantitative estimate of drug-likeness (QED) is 0.811. The third-order valence-corrected chi connectivity index (χ3v) is 5.49. The van der Waals surface area contributed by atoms with Crippen molar-refractivity contribution >= 4 is 33.3 Å². The number of anilines is 2. The average Bonchev–Trinajstić information content (AvgIpc) is 3.07. The number of nitrogens with one attached hydrogen (secondary N) is 1. The van der Waals surface area contributed by atoms with Crippen molar-refractivity contribution in [1.29, 1.82) is 0 Å². The van der Waals surface area contributed by atoms with E-state index in [9.17, 15) is 18.0 Å². The number of rotatable bonds is 5. The van der Waals surface area contributed by atoms with Crippen LogP contribution in [0, 0.1) is 0 Å². The van der Waals surface area contributed by atoms with Gasteiger partial charge < -0.3 is 9.64 Å². The first kappa shape index (κ1) is 17.9. The number of carbonyl (C=O) groups excluding carboxylic acids is 2. The summed E-state index contributed by atoms with van der Waals surface area (Å²) in [7, 11) is -2.50. The lowest BCUT2D eigenvalue weighted by atomic mass is 10.2. The highest BCUT2D eigenvalue weighted by atomic mass is 32.2. The molecule has 1 heterocycles. The summed E-state index contributed by atoms with van der Waals surface area (Å²) in [5, 5.41) is 0. The van der Waals surface area contributed by atoms with Gasteiger partial charge in [0.2, 0.25) is 5.91 Å². The van der Waals surface area contributed by atoms with Crippen LogP contribution in [0.25, 0.3) is 0 Å². The second-order valence-corrected chi connectivity index (χ2v) is 7.50. The maximum absolute atomic E-state index is 12.5. The molecule has 1 amide bonds. The lowest BCUT2D eigenvalue weighted by Gasteiger charge is -2.16. The number of hydrogen-bond acceptors (Lipinski definition) is 5. The number of carbonyl (C=O) groups is 2. The summed E-state index contributed by atoms with van der Waals surface area (Å²) in [4.78, 5) is 24.9. The first-order valence-electron chi connectivity index (χ1n) is 8.02. The van der Waals surface area contributed by atoms with Crippen LogP contribution in [0.2, 0.25) is 0 Å². The minimum Gasteiger partial charge on any atom is -0.465 e. The summed E-state index contributed by atoms with van der Waals surface area (Å²) in [6.07, 6.45) is 1.32. The number of esters is 1. The van der Waals surface area contributed by atoms with Crippen LogP contribution in [0.4, 0.5) is 11.4 Å². The molecule has 8 heteroatoms. The van der Waals surface area contributed by atoms with Crippen molar-refractivity contribution in [3.63, 3.8) is 0 Å². The van der Waals surface area contributed by atoms with Gasteiger partial charge in [-0.15, -0.1) is 0 Å². The molecule has 0 spiro atoms. The van der Waals surface area contributed by atoms with Crippen LogP contribution < -0.4 is 9.62 Å². The number of amides is 1. The Morgan fingerprint density at radius 2 is 1.73 bits per heavy atom. The Labute approximate surface area is 151 Å². The minimum atomic E-state index is -3.78. The van der Waals surface area contributed by atoms with E-state index < -0.39 is 16.0 Å². The smallest absolute Gasteiger partial charge is 0.337 e. The first-order valence-corrected chi connectivity index (χ1v) is 9.51. The summed E-state index contributed by atoms with van der Waals surface area (Å²) < 4.78 is 32.0. The molecule has 1 N–H and O–H groups in total. The molecule has 1 aliphatic rings. The van der Waals surface area contributed by atoms with Gasteiger partial charge >= 0.3 is 5.97 Å². The van der Waals surface area contributed by atoms with Gasteiger partial charge in [0.05, 0.1) is 17.6 Å². The van der Waals surface area contributed by atoms with E-state index in [1.807, 2.05) is 0 Å². The fraction of sp³-hybridized carbons (Fsp3) is 0.222. The fourth-order valence-corrected chi connectivity index (χ4v) is 3.79. The maximum Gasteiger partial charge on any atom is 0.337 e. The van der Waals surface area contributed by atoms with Crippen LogP contribution in [0.15, 0.2) is 53.4 Å². The summed E-state index contributed by atoms with van der Waals surface area (Å²) in [5.41, 5.74) is 1.35. The summed E-state index contributed by atoms with van der Waals surface area (Å²) in [5.74, 6) is -0.448. The normalized spacial score (nSPS) is 14.3. The highest BCUT2D eigenvalue weighted by molar-refractivity contribution is 7.92. The molecule has 0 aromatic heterocycles. The zero-order valence-corrected chi connectivity index (χ0v) is 15.0. The van der Waals surface area contributed by atoms with E-state index in [-0.39, 0.29) is 10.8 Å². The van der Waals surface area contributed by atoms with E-state index in [1.54, 1.807) is 17.0 Å². The Morgan fingerprint density at radius 1 is 1.08 bits per heavy atom. The molecule has 136 valence electrons. The first-order chi connectivity index (χ1) is 12.4. The van der Waals surface area contributed by atoms with Gasteiger partial charge in [-0.1, -0.05) is 0 Å². The van der Waals surface area contributed by atoms with Crippen LogP contribution in [-0.2, 0) is 19.6 Å². The molecule has 1 saturated heterocycles. The summed E-state index contributed by atoms with van der Waals surface area (Å²) in [6.45, 7) is 0.649. The molecular weight excluding hydrogens is 356 g/mol. The molecule has 0 saturated carbocycles. The fourth-order valence-electron chi connectivity index (χ4n) is 2.73. The van der Waals surface area contributed by atoms with Gasteiger partial charge in [0.15, 0.2) is 0 Å². The predicted octanol–water partition coefficient (Wildman–Crippen LogP) is 2.40. The standard InChI is InChI=1S/C18H18N2O5S/c1-25-18(22)13-4-6-14(7-5-13)19-26(23,24)16-10-8-15(9-11-16)20-12-2-3-17(20)21/h4-11,19H,2-3,12H2,1H3. The molecule has 2 aromatic carbocycles. The molecular formula is C18H18N2O5S. The third kappa shape index (κ3) is 3.70. The molecule has 1 aliphatic heterocycles. The summed E-state index contributed by atoms with van der Waals surface area (Å²) in [6, 6.07) is 12.1. The van der Waals surface area contributed by atoms with Gasteiger partial charge in [-0.05, 0) is 55.0 Å². The zero-order chi connectivity index (χ0) is 18.7. The van der Waals surface area contributed by atoms with E-state index in [0.29, 0.717) is 29.9 Å². The topological polar surface area (TPSA) is 92.8 Å². The van der Waals surface area contributed by atoms with Gasteiger partial charge in [0.25, 0.3) is 10.0 Å². The van der Waals surface area contributed by atoms with Crippen LogP contribution in [0.3, 0.4) is 0 Å². The van der Waals surface area contributed by atoms with E-state index in [1.165, 1.54) is 43.5 Å². The van der Waals surface area contributed by atoms with Crippen molar-refractivity contribution in [2.24, 2.45) is 0 Å². The number of nitrogens with zero attached hydrogens (tertiary/aromatic N) is 1. The van der Waals surface area contributed by atoms with E-state index in [2.05, 4.69) is 9.46 Å². The Hall–Kier alpha value is -2.87. The van der Waals surface area contributed by atoms with Crippen molar-refractivity contribution in [1.82, 2.24) is 0 Å². The highest BCUT2D eigenvalue weighted by Gasteiger charge is 2.22. The average molecular weight is 374 g/mol. The molecule has 1 fully saturated rings. The number of hydrogen-bond donors (Lipinski definition) is 1. The van der Waals surface area contributed by atoms with Crippen LogP contribution in [-0.4, -0.2) is 33.9 Å². The Morgan fingerprint density at radius 3 is 2.27 bits per heavy atom. The third-order valence-electron chi connectivity index (χ3n) is 4.09. The SMILES string of the molecule is COC(=O)c1ccc(NS(=O)(=O)c2ccc(N3CCCC3=O)cc2)cc1. The monoisotopic (exact) mass is 374 g/mol. The van der Waals surface area contributed by atoms with Crippen molar-refractivity contribution in [2.75, 3.05) is 23.3 Å². The number of benzene rings is 2. The van der Waals surface area contributed by atoms with E-state index in [0.717, 1.165) is 6.42 Å². The lowest BCUT2D eigenvalue weighted by molar-refractivity contribution is -0.117. The minimum absolute atomic E-state index is 0.0458. The van der Waals surface area contributed by atoms with Gasteiger partial charge in [-0.25, -0.2) is 13.2 Å². The van der Waals surface area contributed by atoms with Crippen molar-refractivity contribution in [2.45, 2.75) is 17.7 Å². The van der Waals surface area contributed by atoms with Crippen LogP contribution in [0.5, 0.6) is 0 Å². The van der Waals surface area contributed by atoms with Crippen molar-refractivity contribution < 1.29 is 22.7 Å². The second kappa shape index (κ2) is 7.17. The number of sulfonamides is 1. The number of methoxy groups -OCH3 is 1. The Balaban J connectivity index is 1.75. The van der Waals surface area contributed by atoms with Gasteiger partial charge in [0, 0.05) is 24.3 Å². The molecule has 0 unspecified atom stereocenters. The molecule has 7 nitrogen and oxygen atoms in total. The molecule has 0 aliphatic carbocycles. The molecule has 0 radical (unpaired) electrons. The molecule has 3 rings (SSSR count). The van der Waals surface area contributed by atoms with E-state index >= 15 is 0 Å². The number of ether oxygens (including phenoxy) is 1. The second-order valence-electron chi connectivity index (χ2n) is 5.82. The molecule has 2 aromatic rings. The zero-order valence-electron chi connectivity index (χ0n) is 14.1. The predicted molar refractivity (Wildman–Crippen MR) is 96.6 cm³/mol. The Kier molecular flexibility index (Phi) is 4.94. The lowest BCUT2D eigenvalue weighted by Crippen LogP contribution is -2.23. The van der Waals surface area contributed by atoms with Crippen LogP contribution >= 0.6 is 0 Å². The maximum atomic E-state index is 12.5.